The maximum atomic E-state index is 9.18. The van der Waals surface area contributed by atoms with Crippen LogP contribution >= 0.6 is 23.1 Å². The number of thioether (sulfide) groups is 1. The zero-order valence-electron chi connectivity index (χ0n) is 8.20. The van der Waals surface area contributed by atoms with E-state index in [0.717, 1.165) is 5.56 Å². The van der Waals surface area contributed by atoms with E-state index in [1.807, 2.05) is 6.92 Å². The van der Waals surface area contributed by atoms with Crippen molar-refractivity contribution in [3.8, 4) is 0 Å². The number of hydrogen-bond donors (Lipinski definition) is 1. The molecule has 1 N–H and O–H groups in total. The van der Waals surface area contributed by atoms with E-state index in [1.165, 1.54) is 20.5 Å². The molecule has 1 heterocycles. The Morgan fingerprint density at radius 3 is 2.86 bits per heavy atom. The van der Waals surface area contributed by atoms with Crippen molar-refractivity contribution in [1.82, 2.24) is 0 Å². The van der Waals surface area contributed by atoms with Crippen LogP contribution in [0.4, 0.5) is 0 Å². The molecule has 0 aliphatic rings. The molecule has 0 unspecified atom stereocenters. The fourth-order valence-electron chi connectivity index (χ4n) is 1.53. The van der Waals surface area contributed by atoms with Gasteiger partial charge in [-0.25, -0.2) is 0 Å². The molecule has 1 aromatic heterocycles. The predicted molar refractivity (Wildman–Crippen MR) is 64.3 cm³/mol. The van der Waals surface area contributed by atoms with Gasteiger partial charge in [0, 0.05) is 20.4 Å². The molecule has 3 heteroatoms. The number of hydrogen-bond acceptors (Lipinski definition) is 3. The van der Waals surface area contributed by atoms with Gasteiger partial charge in [-0.3, -0.25) is 0 Å². The number of aliphatic hydroxyl groups is 1. The zero-order valence-corrected chi connectivity index (χ0v) is 9.84. The lowest BCUT2D eigenvalue weighted by Crippen LogP contribution is -1.87. The lowest BCUT2D eigenvalue weighted by molar-refractivity contribution is 0.281. The van der Waals surface area contributed by atoms with Gasteiger partial charge in [-0.1, -0.05) is 0 Å². The van der Waals surface area contributed by atoms with Gasteiger partial charge in [0.2, 0.25) is 0 Å². The quantitative estimate of drug-likeness (QED) is 0.789. The summed E-state index contributed by atoms with van der Waals surface area (Å²) in [5.74, 6) is 0. The van der Waals surface area contributed by atoms with Gasteiger partial charge >= 0.3 is 0 Å². The predicted octanol–water partition coefficient (Wildman–Crippen LogP) is 3.42. The molecule has 0 bridgehead atoms. The second-order valence-electron chi connectivity index (χ2n) is 3.24. The van der Waals surface area contributed by atoms with Crippen LogP contribution in [0, 0.1) is 6.92 Å². The minimum atomic E-state index is 0.130. The normalized spacial score (nSPS) is 11.1. The van der Waals surface area contributed by atoms with Crippen LogP contribution in [0.25, 0.3) is 10.1 Å². The third kappa shape index (κ3) is 1.56. The summed E-state index contributed by atoms with van der Waals surface area (Å²) in [4.78, 5) is 1.31. The van der Waals surface area contributed by atoms with E-state index in [-0.39, 0.29) is 6.61 Å². The van der Waals surface area contributed by atoms with Crippen LogP contribution in [0.5, 0.6) is 0 Å². The van der Waals surface area contributed by atoms with Gasteiger partial charge in [0.1, 0.15) is 0 Å². The lowest BCUT2D eigenvalue weighted by Gasteiger charge is -2.03. The molecule has 1 nitrogen and oxygen atoms in total. The van der Waals surface area contributed by atoms with Crippen LogP contribution in [-0.4, -0.2) is 11.4 Å². The summed E-state index contributed by atoms with van der Waals surface area (Å²) in [5.41, 5.74) is 2.21. The maximum absolute atomic E-state index is 9.18. The Labute approximate surface area is 91.8 Å². The molecule has 1 aromatic carbocycles. The fraction of sp³-hybridized carbons (Fsp3) is 0.273. The van der Waals surface area contributed by atoms with E-state index in [4.69, 9.17) is 0 Å². The van der Waals surface area contributed by atoms with Crippen molar-refractivity contribution in [3.63, 3.8) is 0 Å². The third-order valence-corrected chi connectivity index (χ3v) is 4.26. The van der Waals surface area contributed by atoms with E-state index in [9.17, 15) is 5.11 Å². The molecule has 2 rings (SSSR count). The molecule has 0 saturated heterocycles. The molecule has 0 saturated carbocycles. The topological polar surface area (TPSA) is 20.2 Å². The highest BCUT2D eigenvalue weighted by molar-refractivity contribution is 7.99. The molecule has 0 aliphatic carbocycles. The summed E-state index contributed by atoms with van der Waals surface area (Å²) < 4.78 is 1.31. The van der Waals surface area contributed by atoms with Gasteiger partial charge < -0.3 is 5.11 Å². The minimum Gasteiger partial charge on any atom is -0.392 e. The number of rotatable bonds is 2. The summed E-state index contributed by atoms with van der Waals surface area (Å²) in [6.07, 6.45) is 2.08. The molecule has 0 fully saturated rings. The fourth-order valence-corrected chi connectivity index (χ4v) is 3.41. The first-order valence-electron chi connectivity index (χ1n) is 4.42. The first-order valence-corrected chi connectivity index (χ1v) is 6.52. The first kappa shape index (κ1) is 10.0. The van der Waals surface area contributed by atoms with Gasteiger partial charge in [0.25, 0.3) is 0 Å². The molecule has 0 aliphatic heterocycles. The van der Waals surface area contributed by atoms with Crippen molar-refractivity contribution in [3.05, 3.63) is 28.6 Å². The second kappa shape index (κ2) is 3.93. The van der Waals surface area contributed by atoms with E-state index in [0.29, 0.717) is 0 Å². The molecule has 14 heavy (non-hydrogen) atoms. The van der Waals surface area contributed by atoms with E-state index >= 15 is 0 Å². The Balaban J connectivity index is 2.70. The number of thiophene rings is 1. The zero-order chi connectivity index (χ0) is 10.1. The van der Waals surface area contributed by atoms with Crippen molar-refractivity contribution in [2.24, 2.45) is 0 Å². The summed E-state index contributed by atoms with van der Waals surface area (Å²) in [6.45, 7) is 2.18. The number of fused-ring (bicyclic) bond motifs is 1. The Bertz CT molecular complexity index is 460. The van der Waals surface area contributed by atoms with Gasteiger partial charge in [-0.15, -0.1) is 23.1 Å². The maximum Gasteiger partial charge on any atom is 0.0684 e. The third-order valence-electron chi connectivity index (χ3n) is 2.39. The van der Waals surface area contributed by atoms with Crippen LogP contribution in [0.2, 0.25) is 0 Å². The molecule has 0 atom stereocenters. The minimum absolute atomic E-state index is 0.130. The smallest absolute Gasteiger partial charge is 0.0684 e. The van der Waals surface area contributed by atoms with Crippen LogP contribution < -0.4 is 0 Å². The number of aryl methyl sites for hydroxylation is 1. The summed E-state index contributed by atoms with van der Waals surface area (Å²) >= 11 is 3.53. The number of benzene rings is 1. The van der Waals surface area contributed by atoms with E-state index in [2.05, 4.69) is 23.8 Å². The van der Waals surface area contributed by atoms with Gasteiger partial charge in [-0.2, -0.15) is 0 Å². The van der Waals surface area contributed by atoms with Crippen molar-refractivity contribution in [2.75, 3.05) is 6.26 Å². The highest BCUT2D eigenvalue weighted by Crippen LogP contribution is 2.33. The first-order chi connectivity index (χ1) is 6.76. The Morgan fingerprint density at radius 2 is 2.21 bits per heavy atom. The van der Waals surface area contributed by atoms with Crippen molar-refractivity contribution in [1.29, 1.82) is 0 Å². The van der Waals surface area contributed by atoms with E-state index in [1.54, 1.807) is 23.1 Å². The summed E-state index contributed by atoms with van der Waals surface area (Å²) in [6, 6.07) is 4.26. The lowest BCUT2D eigenvalue weighted by atomic mass is 10.1. The van der Waals surface area contributed by atoms with Gasteiger partial charge in [0.05, 0.1) is 6.61 Å². The number of aliphatic hydroxyl groups excluding tert-OH is 1. The summed E-state index contributed by atoms with van der Waals surface area (Å²) in [7, 11) is 0. The Hall–Kier alpha value is -0.510. The average Bonchev–Trinajstić information content (AvgIpc) is 2.58. The molecule has 74 valence electrons. The van der Waals surface area contributed by atoms with Gasteiger partial charge in [-0.05, 0) is 36.4 Å². The second-order valence-corrected chi connectivity index (χ2v) is 5.00. The van der Waals surface area contributed by atoms with E-state index < -0.39 is 0 Å². The van der Waals surface area contributed by atoms with Crippen LogP contribution in [0.1, 0.15) is 11.1 Å². The van der Waals surface area contributed by atoms with Crippen LogP contribution in [0.3, 0.4) is 0 Å². The van der Waals surface area contributed by atoms with Crippen LogP contribution in [-0.2, 0) is 6.61 Å². The Kier molecular flexibility index (Phi) is 2.81. The molecular weight excluding hydrogens is 212 g/mol. The monoisotopic (exact) mass is 224 g/mol. The highest BCUT2D eigenvalue weighted by atomic mass is 32.2. The molecule has 0 spiro atoms. The SMILES string of the molecule is CSc1csc2cc(C)c(CO)cc12. The van der Waals surface area contributed by atoms with Gasteiger partial charge in [0.15, 0.2) is 0 Å². The Morgan fingerprint density at radius 1 is 1.43 bits per heavy atom. The highest BCUT2D eigenvalue weighted by Gasteiger charge is 2.06. The summed E-state index contributed by atoms with van der Waals surface area (Å²) in [5, 5.41) is 12.6. The van der Waals surface area contributed by atoms with Crippen molar-refractivity contribution >= 4 is 33.2 Å². The largest absolute Gasteiger partial charge is 0.392 e. The molecule has 0 amide bonds. The molecule has 0 radical (unpaired) electrons. The van der Waals surface area contributed by atoms with Crippen LogP contribution in [0.15, 0.2) is 22.4 Å². The standard InChI is InChI=1S/C11H12OS2/c1-7-3-10-9(4-8(7)5-12)11(13-2)6-14-10/h3-4,6,12H,5H2,1-2H3. The average molecular weight is 224 g/mol. The molecule has 2 aromatic rings. The van der Waals surface area contributed by atoms with Crippen molar-refractivity contribution in [2.45, 2.75) is 18.4 Å². The molecular formula is C11H12OS2. The van der Waals surface area contributed by atoms with Crippen molar-refractivity contribution < 1.29 is 5.11 Å².